The quantitative estimate of drug-likeness (QED) is 0.850. The molecule has 1 unspecified atom stereocenters. The van der Waals surface area contributed by atoms with E-state index in [-0.39, 0.29) is 18.2 Å². The first-order valence-corrected chi connectivity index (χ1v) is 9.05. The van der Waals surface area contributed by atoms with Crippen LogP contribution in [0, 0.1) is 0 Å². The number of piperazine rings is 1. The Bertz CT molecular complexity index is 787. The molecule has 1 fully saturated rings. The summed E-state index contributed by atoms with van der Waals surface area (Å²) < 4.78 is 10.6. The van der Waals surface area contributed by atoms with Crippen LogP contribution in [-0.4, -0.2) is 43.5 Å². The van der Waals surface area contributed by atoms with Crippen molar-refractivity contribution in [3.63, 3.8) is 0 Å². The molecule has 3 rings (SSSR count). The van der Waals surface area contributed by atoms with Crippen LogP contribution in [0.5, 0.6) is 11.5 Å². The summed E-state index contributed by atoms with van der Waals surface area (Å²) in [6.45, 7) is 3.47. The summed E-state index contributed by atoms with van der Waals surface area (Å²) in [4.78, 5) is 27.1. The molecule has 1 saturated heterocycles. The van der Waals surface area contributed by atoms with Crippen LogP contribution >= 0.6 is 0 Å². The highest BCUT2D eigenvalue weighted by atomic mass is 16.5. The first-order valence-electron chi connectivity index (χ1n) is 9.05. The van der Waals surface area contributed by atoms with Crippen LogP contribution in [0.4, 0.5) is 0 Å². The molecular formula is C21H24N2O4. The lowest BCUT2D eigenvalue weighted by atomic mass is 10.0. The minimum Gasteiger partial charge on any atom is -0.497 e. The lowest BCUT2D eigenvalue weighted by Crippen LogP contribution is -2.52. The predicted octanol–water partition coefficient (Wildman–Crippen LogP) is 2.34. The van der Waals surface area contributed by atoms with Gasteiger partial charge in [-0.3, -0.25) is 9.59 Å². The van der Waals surface area contributed by atoms with Crippen LogP contribution in [0.1, 0.15) is 24.1 Å². The Balaban J connectivity index is 1.76. The Kier molecular flexibility index (Phi) is 5.96. The van der Waals surface area contributed by atoms with Crippen molar-refractivity contribution in [2.45, 2.75) is 19.4 Å². The molecule has 6 nitrogen and oxygen atoms in total. The van der Waals surface area contributed by atoms with E-state index >= 15 is 0 Å². The fourth-order valence-corrected chi connectivity index (χ4v) is 3.20. The lowest BCUT2D eigenvalue weighted by Gasteiger charge is -2.35. The van der Waals surface area contributed by atoms with Gasteiger partial charge < -0.3 is 19.7 Å². The summed E-state index contributed by atoms with van der Waals surface area (Å²) in [5.74, 6) is 1.26. The fourth-order valence-electron chi connectivity index (χ4n) is 3.20. The van der Waals surface area contributed by atoms with Gasteiger partial charge in [-0.2, -0.15) is 0 Å². The molecule has 2 aromatic rings. The number of carbonyl (C=O) groups excluding carboxylic acids is 2. The standard InChI is InChI=1S/C21H24N2O4/c1-3-27-18-8-4-15(5-9-18)14-19(24)23-13-12-22-21(25)20(23)16-6-10-17(26-2)11-7-16/h4-11,20H,3,12-14H2,1-2H3,(H,22,25). The average molecular weight is 368 g/mol. The maximum Gasteiger partial charge on any atom is 0.247 e. The molecule has 0 aliphatic carbocycles. The lowest BCUT2D eigenvalue weighted by molar-refractivity contribution is -0.143. The second kappa shape index (κ2) is 8.58. The largest absolute Gasteiger partial charge is 0.497 e. The van der Waals surface area contributed by atoms with E-state index in [1.807, 2.05) is 43.3 Å². The molecule has 27 heavy (non-hydrogen) atoms. The van der Waals surface area contributed by atoms with Gasteiger partial charge >= 0.3 is 0 Å². The Hall–Kier alpha value is -3.02. The summed E-state index contributed by atoms with van der Waals surface area (Å²) in [5.41, 5.74) is 1.66. The van der Waals surface area contributed by atoms with Crippen molar-refractivity contribution >= 4 is 11.8 Å². The molecule has 0 bridgehead atoms. The Morgan fingerprint density at radius 2 is 1.78 bits per heavy atom. The normalized spacial score (nSPS) is 16.6. The van der Waals surface area contributed by atoms with E-state index in [0.717, 1.165) is 16.9 Å². The van der Waals surface area contributed by atoms with Crippen molar-refractivity contribution in [2.75, 3.05) is 26.8 Å². The smallest absolute Gasteiger partial charge is 0.247 e. The van der Waals surface area contributed by atoms with E-state index in [4.69, 9.17) is 9.47 Å². The maximum atomic E-state index is 12.9. The van der Waals surface area contributed by atoms with Crippen molar-refractivity contribution in [3.05, 3.63) is 59.7 Å². The Labute approximate surface area is 159 Å². The van der Waals surface area contributed by atoms with E-state index in [0.29, 0.717) is 25.4 Å². The van der Waals surface area contributed by atoms with Gasteiger partial charge in [0.25, 0.3) is 0 Å². The summed E-state index contributed by atoms with van der Waals surface area (Å²) in [5, 5.41) is 2.85. The third-order valence-electron chi connectivity index (χ3n) is 4.55. The van der Waals surface area contributed by atoms with Gasteiger partial charge in [-0.1, -0.05) is 24.3 Å². The summed E-state index contributed by atoms with van der Waals surface area (Å²) in [6.07, 6.45) is 0.242. The van der Waals surface area contributed by atoms with Gasteiger partial charge in [0, 0.05) is 13.1 Å². The van der Waals surface area contributed by atoms with Crippen molar-refractivity contribution < 1.29 is 19.1 Å². The van der Waals surface area contributed by atoms with Crippen LogP contribution in [0.15, 0.2) is 48.5 Å². The highest BCUT2D eigenvalue weighted by Crippen LogP contribution is 2.26. The van der Waals surface area contributed by atoms with E-state index in [1.54, 1.807) is 24.1 Å². The monoisotopic (exact) mass is 368 g/mol. The third-order valence-corrected chi connectivity index (χ3v) is 4.55. The molecule has 6 heteroatoms. The SMILES string of the molecule is CCOc1ccc(CC(=O)N2CCNC(=O)C2c2ccc(OC)cc2)cc1. The summed E-state index contributed by atoms with van der Waals surface area (Å²) >= 11 is 0. The number of hydrogen-bond acceptors (Lipinski definition) is 4. The number of methoxy groups -OCH3 is 1. The first kappa shape index (κ1) is 18.8. The number of hydrogen-bond donors (Lipinski definition) is 1. The van der Waals surface area contributed by atoms with Gasteiger partial charge in [-0.05, 0) is 42.3 Å². The van der Waals surface area contributed by atoms with Crippen molar-refractivity contribution in [2.24, 2.45) is 0 Å². The molecule has 1 N–H and O–H groups in total. The zero-order chi connectivity index (χ0) is 19.2. The molecule has 0 saturated carbocycles. The minimum absolute atomic E-state index is 0.0742. The van der Waals surface area contributed by atoms with Crippen molar-refractivity contribution in [3.8, 4) is 11.5 Å². The second-order valence-electron chi connectivity index (χ2n) is 6.31. The van der Waals surface area contributed by atoms with E-state index < -0.39 is 6.04 Å². The molecule has 0 radical (unpaired) electrons. The number of rotatable bonds is 6. The number of amides is 2. The Morgan fingerprint density at radius 1 is 1.11 bits per heavy atom. The van der Waals surface area contributed by atoms with Gasteiger partial charge in [0.15, 0.2) is 0 Å². The average Bonchev–Trinajstić information content (AvgIpc) is 2.69. The Morgan fingerprint density at radius 3 is 2.41 bits per heavy atom. The number of nitrogens with zero attached hydrogens (tertiary/aromatic N) is 1. The maximum absolute atomic E-state index is 12.9. The summed E-state index contributed by atoms with van der Waals surface area (Å²) in [7, 11) is 1.59. The molecule has 0 aromatic heterocycles. The molecule has 0 spiro atoms. The topological polar surface area (TPSA) is 67.9 Å². The zero-order valence-electron chi connectivity index (χ0n) is 15.6. The second-order valence-corrected chi connectivity index (χ2v) is 6.31. The third kappa shape index (κ3) is 4.39. The van der Waals surface area contributed by atoms with Crippen LogP contribution in [0.3, 0.4) is 0 Å². The van der Waals surface area contributed by atoms with E-state index in [9.17, 15) is 9.59 Å². The van der Waals surface area contributed by atoms with Gasteiger partial charge in [-0.25, -0.2) is 0 Å². The van der Waals surface area contributed by atoms with Crippen LogP contribution < -0.4 is 14.8 Å². The molecular weight excluding hydrogens is 344 g/mol. The van der Waals surface area contributed by atoms with Gasteiger partial charge in [0.1, 0.15) is 17.5 Å². The fraction of sp³-hybridized carbons (Fsp3) is 0.333. The molecule has 2 amide bonds. The van der Waals surface area contributed by atoms with Crippen LogP contribution in [0.2, 0.25) is 0 Å². The molecule has 1 heterocycles. The van der Waals surface area contributed by atoms with E-state index in [1.165, 1.54) is 0 Å². The van der Waals surface area contributed by atoms with Gasteiger partial charge in [0.2, 0.25) is 11.8 Å². The molecule has 2 aromatic carbocycles. The number of ether oxygens (including phenoxy) is 2. The highest BCUT2D eigenvalue weighted by molar-refractivity contribution is 5.90. The molecule has 142 valence electrons. The van der Waals surface area contributed by atoms with Gasteiger partial charge in [0.05, 0.1) is 20.1 Å². The summed E-state index contributed by atoms with van der Waals surface area (Å²) in [6, 6.07) is 14.1. The van der Waals surface area contributed by atoms with Crippen LogP contribution in [-0.2, 0) is 16.0 Å². The van der Waals surface area contributed by atoms with Gasteiger partial charge in [-0.15, -0.1) is 0 Å². The number of nitrogens with one attached hydrogen (secondary N) is 1. The molecule has 1 aliphatic heterocycles. The van der Waals surface area contributed by atoms with Crippen molar-refractivity contribution in [1.29, 1.82) is 0 Å². The first-order chi connectivity index (χ1) is 13.1. The molecule has 1 atom stereocenters. The minimum atomic E-state index is -0.625. The highest BCUT2D eigenvalue weighted by Gasteiger charge is 2.34. The number of carbonyl (C=O) groups is 2. The predicted molar refractivity (Wildman–Crippen MR) is 102 cm³/mol. The van der Waals surface area contributed by atoms with E-state index in [2.05, 4.69) is 5.32 Å². The van der Waals surface area contributed by atoms with Crippen molar-refractivity contribution in [1.82, 2.24) is 10.2 Å². The zero-order valence-corrected chi connectivity index (χ0v) is 15.6. The molecule has 1 aliphatic rings. The van der Waals surface area contributed by atoms with Crippen LogP contribution in [0.25, 0.3) is 0 Å². The number of benzene rings is 2.